The highest BCUT2D eigenvalue weighted by atomic mass is 16.4. The number of carboxylic acids is 1. The van der Waals surface area contributed by atoms with Crippen LogP contribution in [0.1, 0.15) is 17.0 Å². The lowest BCUT2D eigenvalue weighted by molar-refractivity contribution is -0.138. The zero-order valence-corrected chi connectivity index (χ0v) is 10.6. The van der Waals surface area contributed by atoms with Crippen LogP contribution in [0.3, 0.4) is 0 Å². The molecule has 2 aromatic rings. The van der Waals surface area contributed by atoms with Crippen molar-refractivity contribution < 1.29 is 9.90 Å². The van der Waals surface area contributed by atoms with Crippen LogP contribution >= 0.6 is 0 Å². The van der Waals surface area contributed by atoms with Crippen LogP contribution in [-0.2, 0) is 4.79 Å². The Labute approximate surface area is 116 Å². The Kier molecular flexibility index (Phi) is 4.37. The SMILES string of the molecule is [N-]=[N+]=N[C@@H](C(=O)O)C(c1ccccc1)c1ccccc1. The van der Waals surface area contributed by atoms with E-state index in [0.717, 1.165) is 11.1 Å². The van der Waals surface area contributed by atoms with E-state index in [4.69, 9.17) is 5.53 Å². The molecule has 0 aliphatic heterocycles. The summed E-state index contributed by atoms with van der Waals surface area (Å²) in [6, 6.07) is 17.2. The molecule has 0 aromatic heterocycles. The number of aliphatic carboxylic acids is 1. The number of carboxylic acid groups (broad SMARTS) is 1. The summed E-state index contributed by atoms with van der Waals surface area (Å²) in [5.74, 6) is -1.65. The molecule has 5 heteroatoms. The predicted octanol–water partition coefficient (Wildman–Crippen LogP) is 3.58. The fraction of sp³-hybridized carbons (Fsp3) is 0.133. The van der Waals surface area contributed by atoms with Crippen LogP contribution in [0.2, 0.25) is 0 Å². The highest BCUT2D eigenvalue weighted by Gasteiger charge is 2.29. The maximum Gasteiger partial charge on any atom is 0.313 e. The van der Waals surface area contributed by atoms with Crippen molar-refractivity contribution in [2.24, 2.45) is 5.11 Å². The summed E-state index contributed by atoms with van der Waals surface area (Å²) in [5, 5.41) is 12.8. The van der Waals surface area contributed by atoms with Gasteiger partial charge in [0.2, 0.25) is 0 Å². The lowest BCUT2D eigenvalue weighted by atomic mass is 9.85. The highest BCUT2D eigenvalue weighted by Crippen LogP contribution is 2.30. The molecule has 100 valence electrons. The van der Waals surface area contributed by atoms with Gasteiger partial charge in [0.05, 0.1) is 0 Å². The molecule has 0 unspecified atom stereocenters. The zero-order chi connectivity index (χ0) is 14.4. The molecule has 5 nitrogen and oxygen atoms in total. The van der Waals surface area contributed by atoms with Gasteiger partial charge < -0.3 is 5.11 Å². The number of hydrogen-bond acceptors (Lipinski definition) is 2. The molecule has 0 bridgehead atoms. The first kappa shape index (κ1) is 13.6. The summed E-state index contributed by atoms with van der Waals surface area (Å²) in [7, 11) is 0. The second-order valence-corrected chi connectivity index (χ2v) is 4.29. The van der Waals surface area contributed by atoms with E-state index in [0.29, 0.717) is 0 Å². The van der Waals surface area contributed by atoms with Crippen LogP contribution in [0.5, 0.6) is 0 Å². The maximum atomic E-state index is 11.4. The van der Waals surface area contributed by atoms with Gasteiger partial charge in [-0.05, 0) is 16.7 Å². The molecule has 0 aliphatic carbocycles. The second kappa shape index (κ2) is 6.41. The van der Waals surface area contributed by atoms with Crippen LogP contribution in [0.15, 0.2) is 65.8 Å². The van der Waals surface area contributed by atoms with E-state index in [1.165, 1.54) is 0 Å². The van der Waals surface area contributed by atoms with Crippen LogP contribution in [0.25, 0.3) is 10.4 Å². The minimum absolute atomic E-state index is 0.509. The molecule has 1 atom stereocenters. The van der Waals surface area contributed by atoms with E-state index >= 15 is 0 Å². The second-order valence-electron chi connectivity index (χ2n) is 4.29. The zero-order valence-electron chi connectivity index (χ0n) is 10.6. The monoisotopic (exact) mass is 267 g/mol. The third-order valence-electron chi connectivity index (χ3n) is 3.06. The Morgan fingerprint density at radius 1 is 1.00 bits per heavy atom. The quantitative estimate of drug-likeness (QED) is 0.510. The predicted molar refractivity (Wildman–Crippen MR) is 75.3 cm³/mol. The summed E-state index contributed by atoms with van der Waals surface area (Å²) in [6.07, 6.45) is 0. The first-order valence-corrected chi connectivity index (χ1v) is 6.11. The first-order chi connectivity index (χ1) is 9.74. The molecular formula is C15H13N3O2. The van der Waals surface area contributed by atoms with E-state index < -0.39 is 17.9 Å². The molecule has 0 saturated heterocycles. The van der Waals surface area contributed by atoms with Gasteiger partial charge in [-0.25, -0.2) is 0 Å². The maximum absolute atomic E-state index is 11.4. The summed E-state index contributed by atoms with van der Waals surface area (Å²) in [4.78, 5) is 14.1. The molecule has 0 radical (unpaired) electrons. The fourth-order valence-corrected chi connectivity index (χ4v) is 2.19. The molecule has 0 saturated carbocycles. The van der Waals surface area contributed by atoms with Crippen molar-refractivity contribution in [1.82, 2.24) is 0 Å². The molecule has 0 amide bonds. The average molecular weight is 267 g/mol. The molecule has 0 heterocycles. The summed E-state index contributed by atoms with van der Waals surface area (Å²) in [5.41, 5.74) is 10.2. The van der Waals surface area contributed by atoms with Crippen molar-refractivity contribution >= 4 is 5.97 Å². The van der Waals surface area contributed by atoms with Crippen molar-refractivity contribution in [2.75, 3.05) is 0 Å². The molecule has 0 aliphatic rings. The van der Waals surface area contributed by atoms with Gasteiger partial charge in [-0.3, -0.25) is 4.79 Å². The number of hydrogen-bond donors (Lipinski definition) is 1. The summed E-state index contributed by atoms with van der Waals surface area (Å²) < 4.78 is 0. The first-order valence-electron chi connectivity index (χ1n) is 6.11. The number of benzene rings is 2. The standard InChI is InChI=1S/C15H13N3O2/c16-18-17-14(15(19)20)13(11-7-3-1-4-8-11)12-9-5-2-6-10-12/h1-10,13-14H,(H,19,20)/t14-/m1/s1. The smallest absolute Gasteiger partial charge is 0.313 e. The van der Waals surface area contributed by atoms with Crippen molar-refractivity contribution in [3.63, 3.8) is 0 Å². The van der Waals surface area contributed by atoms with Crippen molar-refractivity contribution in [3.8, 4) is 0 Å². The van der Waals surface area contributed by atoms with Gasteiger partial charge in [0.15, 0.2) is 0 Å². The van der Waals surface area contributed by atoms with Gasteiger partial charge in [-0.2, -0.15) is 0 Å². The minimum Gasteiger partial charge on any atom is -0.481 e. The molecular weight excluding hydrogens is 254 g/mol. The molecule has 20 heavy (non-hydrogen) atoms. The van der Waals surface area contributed by atoms with Gasteiger partial charge >= 0.3 is 5.97 Å². The molecule has 2 aromatic carbocycles. The van der Waals surface area contributed by atoms with Crippen molar-refractivity contribution in [2.45, 2.75) is 12.0 Å². The molecule has 0 fully saturated rings. The van der Waals surface area contributed by atoms with E-state index in [-0.39, 0.29) is 0 Å². The number of carbonyl (C=O) groups is 1. The van der Waals surface area contributed by atoms with Crippen LogP contribution in [-0.4, -0.2) is 17.1 Å². The van der Waals surface area contributed by atoms with Gasteiger partial charge in [0, 0.05) is 10.8 Å². The van der Waals surface area contributed by atoms with Gasteiger partial charge in [0.1, 0.15) is 6.04 Å². The topological polar surface area (TPSA) is 86.1 Å². The van der Waals surface area contributed by atoms with E-state index in [2.05, 4.69) is 10.0 Å². The average Bonchev–Trinajstić information content (AvgIpc) is 2.49. The lowest BCUT2D eigenvalue weighted by Gasteiger charge is -2.21. The van der Waals surface area contributed by atoms with Crippen LogP contribution in [0.4, 0.5) is 0 Å². The summed E-state index contributed by atoms with van der Waals surface area (Å²) in [6.45, 7) is 0. The van der Waals surface area contributed by atoms with Crippen molar-refractivity contribution in [1.29, 1.82) is 0 Å². The lowest BCUT2D eigenvalue weighted by Crippen LogP contribution is -2.26. The highest BCUT2D eigenvalue weighted by molar-refractivity contribution is 5.76. The summed E-state index contributed by atoms with van der Waals surface area (Å²) >= 11 is 0. The van der Waals surface area contributed by atoms with Crippen molar-refractivity contribution in [3.05, 3.63) is 82.2 Å². The van der Waals surface area contributed by atoms with E-state index in [9.17, 15) is 9.90 Å². The largest absolute Gasteiger partial charge is 0.481 e. The van der Waals surface area contributed by atoms with E-state index in [1.54, 1.807) is 0 Å². The van der Waals surface area contributed by atoms with Crippen LogP contribution < -0.4 is 0 Å². The molecule has 2 rings (SSSR count). The Hall–Kier alpha value is -2.78. The Balaban J connectivity index is 2.55. The number of azide groups is 1. The third kappa shape index (κ3) is 2.96. The molecule has 0 spiro atoms. The minimum atomic E-state index is -1.18. The van der Waals surface area contributed by atoms with Gasteiger partial charge in [0.25, 0.3) is 0 Å². The van der Waals surface area contributed by atoms with Crippen LogP contribution in [0, 0.1) is 0 Å². The fourth-order valence-electron chi connectivity index (χ4n) is 2.19. The Morgan fingerprint density at radius 3 is 1.80 bits per heavy atom. The van der Waals surface area contributed by atoms with Gasteiger partial charge in [-0.15, -0.1) is 0 Å². The Morgan fingerprint density at radius 2 is 1.45 bits per heavy atom. The Bertz CT molecular complexity index is 581. The normalized spacial score (nSPS) is 11.7. The number of nitrogens with zero attached hydrogens (tertiary/aromatic N) is 3. The number of rotatable bonds is 5. The molecule has 1 N–H and O–H groups in total. The van der Waals surface area contributed by atoms with Gasteiger partial charge in [-0.1, -0.05) is 65.8 Å². The van der Waals surface area contributed by atoms with E-state index in [1.807, 2.05) is 60.7 Å². The third-order valence-corrected chi connectivity index (χ3v) is 3.06.